The van der Waals surface area contributed by atoms with Gasteiger partial charge < -0.3 is 4.90 Å². The number of hydrogen-bond acceptors (Lipinski definition) is 2. The van der Waals surface area contributed by atoms with Gasteiger partial charge in [-0.2, -0.15) is 5.10 Å². The van der Waals surface area contributed by atoms with Gasteiger partial charge in [0, 0.05) is 25.4 Å². The third-order valence-corrected chi connectivity index (χ3v) is 3.58. The van der Waals surface area contributed by atoms with Gasteiger partial charge in [0.1, 0.15) is 11.6 Å². The van der Waals surface area contributed by atoms with Crippen LogP contribution < -0.4 is 0 Å². The van der Waals surface area contributed by atoms with Gasteiger partial charge in [-0.3, -0.25) is 4.79 Å². The lowest BCUT2D eigenvalue weighted by atomic mass is 10.1. The summed E-state index contributed by atoms with van der Waals surface area (Å²) in [7, 11) is 1.53. The third kappa shape index (κ3) is 3.32. The standard InChI is InChI=1S/C18H15F2N3O/c1-22(18(24)16-9-14(19)7-8-17(16)20)11-13-10-21-23(12-13)15-5-3-2-4-6-15/h2-10,12H,11H2,1H3. The van der Waals surface area contributed by atoms with Crippen LogP contribution in [-0.4, -0.2) is 27.6 Å². The molecule has 24 heavy (non-hydrogen) atoms. The minimum atomic E-state index is -0.742. The second kappa shape index (κ2) is 6.62. The molecular formula is C18H15F2N3O. The van der Waals surface area contributed by atoms with Crippen molar-refractivity contribution in [1.29, 1.82) is 0 Å². The van der Waals surface area contributed by atoms with Gasteiger partial charge in [-0.1, -0.05) is 18.2 Å². The van der Waals surface area contributed by atoms with Crippen LogP contribution >= 0.6 is 0 Å². The second-order valence-electron chi connectivity index (χ2n) is 5.41. The molecule has 122 valence electrons. The third-order valence-electron chi connectivity index (χ3n) is 3.58. The molecule has 3 aromatic rings. The Hall–Kier alpha value is -3.02. The highest BCUT2D eigenvalue weighted by Gasteiger charge is 2.17. The molecule has 0 aliphatic heterocycles. The Kier molecular flexibility index (Phi) is 4.37. The van der Waals surface area contributed by atoms with E-state index in [2.05, 4.69) is 5.10 Å². The van der Waals surface area contributed by atoms with Crippen molar-refractivity contribution in [2.24, 2.45) is 0 Å². The Bertz CT molecular complexity index is 862. The lowest BCUT2D eigenvalue weighted by molar-refractivity contribution is 0.0780. The maximum absolute atomic E-state index is 13.7. The van der Waals surface area contributed by atoms with E-state index >= 15 is 0 Å². The largest absolute Gasteiger partial charge is 0.337 e. The molecule has 1 amide bonds. The fourth-order valence-corrected chi connectivity index (χ4v) is 2.38. The van der Waals surface area contributed by atoms with Crippen LogP contribution in [0.25, 0.3) is 5.69 Å². The number of rotatable bonds is 4. The van der Waals surface area contributed by atoms with Crippen LogP contribution in [0.15, 0.2) is 60.9 Å². The van der Waals surface area contributed by atoms with E-state index in [1.165, 1.54) is 11.9 Å². The molecule has 4 nitrogen and oxygen atoms in total. The molecule has 0 bridgehead atoms. The number of amides is 1. The van der Waals surface area contributed by atoms with Crippen molar-refractivity contribution in [2.75, 3.05) is 7.05 Å². The van der Waals surface area contributed by atoms with E-state index in [0.29, 0.717) is 0 Å². The molecule has 0 aliphatic rings. The summed E-state index contributed by atoms with van der Waals surface area (Å²) in [6, 6.07) is 12.4. The highest BCUT2D eigenvalue weighted by Crippen LogP contribution is 2.14. The molecule has 6 heteroatoms. The molecule has 1 heterocycles. The second-order valence-corrected chi connectivity index (χ2v) is 5.41. The molecule has 0 N–H and O–H groups in total. The zero-order valence-corrected chi connectivity index (χ0v) is 13.0. The van der Waals surface area contributed by atoms with E-state index in [1.54, 1.807) is 17.1 Å². The van der Waals surface area contributed by atoms with Crippen molar-refractivity contribution in [3.8, 4) is 5.69 Å². The monoisotopic (exact) mass is 327 g/mol. The van der Waals surface area contributed by atoms with Gasteiger partial charge in [0.2, 0.25) is 0 Å². The summed E-state index contributed by atoms with van der Waals surface area (Å²) in [6.07, 6.45) is 3.43. The van der Waals surface area contributed by atoms with Gasteiger partial charge >= 0.3 is 0 Å². The number of nitrogens with zero attached hydrogens (tertiary/aromatic N) is 3. The average Bonchev–Trinajstić information content (AvgIpc) is 3.05. The van der Waals surface area contributed by atoms with Gasteiger partial charge in [0.25, 0.3) is 5.91 Å². The van der Waals surface area contributed by atoms with E-state index in [0.717, 1.165) is 29.4 Å². The number of halogens is 2. The summed E-state index contributed by atoms with van der Waals surface area (Å²) in [5.41, 5.74) is 1.40. The zero-order chi connectivity index (χ0) is 17.1. The van der Waals surface area contributed by atoms with Crippen molar-refractivity contribution in [3.63, 3.8) is 0 Å². The molecule has 3 rings (SSSR count). The molecule has 2 aromatic carbocycles. The van der Waals surface area contributed by atoms with Crippen LogP contribution in [0.5, 0.6) is 0 Å². The first-order chi connectivity index (χ1) is 11.5. The summed E-state index contributed by atoms with van der Waals surface area (Å²) >= 11 is 0. The number of para-hydroxylation sites is 1. The Balaban J connectivity index is 1.75. The average molecular weight is 327 g/mol. The van der Waals surface area contributed by atoms with Gasteiger partial charge in [-0.25, -0.2) is 13.5 Å². The highest BCUT2D eigenvalue weighted by molar-refractivity contribution is 5.94. The quantitative estimate of drug-likeness (QED) is 0.736. The first-order valence-corrected chi connectivity index (χ1v) is 7.34. The van der Waals surface area contributed by atoms with Gasteiger partial charge in [0.15, 0.2) is 0 Å². The first kappa shape index (κ1) is 15.9. The van der Waals surface area contributed by atoms with E-state index in [-0.39, 0.29) is 12.1 Å². The van der Waals surface area contributed by atoms with Crippen molar-refractivity contribution in [3.05, 3.63) is 83.7 Å². The molecule has 0 saturated heterocycles. The van der Waals surface area contributed by atoms with E-state index in [9.17, 15) is 13.6 Å². The summed E-state index contributed by atoms with van der Waals surface area (Å²) in [5.74, 6) is -1.97. The van der Waals surface area contributed by atoms with Gasteiger partial charge in [-0.15, -0.1) is 0 Å². The summed E-state index contributed by atoms with van der Waals surface area (Å²) in [6.45, 7) is 0.238. The summed E-state index contributed by atoms with van der Waals surface area (Å²) < 4.78 is 28.6. The van der Waals surface area contributed by atoms with Crippen LogP contribution in [0.3, 0.4) is 0 Å². The van der Waals surface area contributed by atoms with E-state index in [4.69, 9.17) is 0 Å². The number of aromatic nitrogens is 2. The van der Waals surface area contributed by atoms with Crippen molar-refractivity contribution in [1.82, 2.24) is 14.7 Å². The predicted octanol–water partition coefficient (Wildman–Crippen LogP) is 3.42. The van der Waals surface area contributed by atoms with Crippen molar-refractivity contribution >= 4 is 5.91 Å². The summed E-state index contributed by atoms with van der Waals surface area (Å²) in [5, 5.41) is 4.25. The smallest absolute Gasteiger partial charge is 0.256 e. The lowest BCUT2D eigenvalue weighted by Gasteiger charge is -2.16. The Morgan fingerprint density at radius 2 is 1.92 bits per heavy atom. The molecule has 0 radical (unpaired) electrons. The molecule has 0 unspecified atom stereocenters. The molecule has 0 aliphatic carbocycles. The number of hydrogen-bond donors (Lipinski definition) is 0. The molecule has 1 aromatic heterocycles. The Morgan fingerprint density at radius 3 is 2.67 bits per heavy atom. The fourth-order valence-electron chi connectivity index (χ4n) is 2.38. The maximum atomic E-state index is 13.7. The molecular weight excluding hydrogens is 312 g/mol. The highest BCUT2D eigenvalue weighted by atomic mass is 19.1. The van der Waals surface area contributed by atoms with Crippen LogP contribution in [-0.2, 0) is 6.54 Å². The molecule has 0 spiro atoms. The molecule has 0 atom stereocenters. The normalized spacial score (nSPS) is 10.6. The maximum Gasteiger partial charge on any atom is 0.256 e. The topological polar surface area (TPSA) is 38.1 Å². The minimum absolute atomic E-state index is 0.238. The van der Waals surface area contributed by atoms with Crippen molar-refractivity contribution in [2.45, 2.75) is 6.54 Å². The predicted molar refractivity (Wildman–Crippen MR) is 85.7 cm³/mol. The molecule has 0 fully saturated rings. The minimum Gasteiger partial charge on any atom is -0.337 e. The van der Waals surface area contributed by atoms with Crippen LogP contribution in [0.2, 0.25) is 0 Å². The summed E-state index contributed by atoms with van der Waals surface area (Å²) in [4.78, 5) is 13.6. The first-order valence-electron chi connectivity index (χ1n) is 7.34. The van der Waals surface area contributed by atoms with Crippen LogP contribution in [0.4, 0.5) is 8.78 Å². The zero-order valence-electron chi connectivity index (χ0n) is 13.0. The van der Waals surface area contributed by atoms with Crippen molar-refractivity contribution < 1.29 is 13.6 Å². The number of carbonyl (C=O) groups excluding carboxylic acids is 1. The molecule has 0 saturated carbocycles. The number of benzene rings is 2. The lowest BCUT2D eigenvalue weighted by Crippen LogP contribution is -2.27. The number of carbonyl (C=O) groups is 1. The Labute approximate surface area is 138 Å². The van der Waals surface area contributed by atoms with Crippen LogP contribution in [0.1, 0.15) is 15.9 Å². The van der Waals surface area contributed by atoms with Crippen LogP contribution in [0, 0.1) is 11.6 Å². The fraction of sp³-hybridized carbons (Fsp3) is 0.111. The Morgan fingerprint density at radius 1 is 1.17 bits per heavy atom. The van der Waals surface area contributed by atoms with E-state index in [1.807, 2.05) is 30.3 Å². The van der Waals surface area contributed by atoms with Gasteiger partial charge in [0.05, 0.1) is 17.4 Å². The SMILES string of the molecule is CN(Cc1cnn(-c2ccccc2)c1)C(=O)c1cc(F)ccc1F. The van der Waals surface area contributed by atoms with E-state index < -0.39 is 17.5 Å². The van der Waals surface area contributed by atoms with Gasteiger partial charge in [-0.05, 0) is 30.3 Å².